The average Bonchev–Trinajstić information content (AvgIpc) is 3.30. The van der Waals surface area contributed by atoms with Gasteiger partial charge >= 0.3 is 0 Å². The molecule has 166 valence electrons. The van der Waals surface area contributed by atoms with E-state index in [1.807, 2.05) is 6.92 Å². The zero-order valence-corrected chi connectivity index (χ0v) is 18.1. The average molecular weight is 470 g/mol. The lowest BCUT2D eigenvalue weighted by Gasteiger charge is -2.32. The van der Waals surface area contributed by atoms with E-state index in [0.717, 1.165) is 0 Å². The van der Waals surface area contributed by atoms with Crippen LogP contribution in [0.5, 0.6) is 0 Å². The molecule has 1 aromatic carbocycles. The Hall–Kier alpha value is -2.05. The molecule has 10 nitrogen and oxygen atoms in total. The second-order valence-corrected chi connectivity index (χ2v) is 8.10. The number of anilines is 1. The van der Waals surface area contributed by atoms with Crippen LogP contribution in [0.15, 0.2) is 30.9 Å². The van der Waals surface area contributed by atoms with E-state index < -0.39 is 30.1 Å². The second kappa shape index (κ2) is 8.47. The lowest BCUT2D eigenvalue weighted by Crippen LogP contribution is -2.45. The summed E-state index contributed by atoms with van der Waals surface area (Å²) in [4.78, 5) is 17.7. The maximum atomic E-state index is 11.2. The van der Waals surface area contributed by atoms with Crippen molar-refractivity contribution >= 4 is 40.2 Å². The topological polar surface area (TPSA) is 135 Å². The molecule has 3 aromatic rings. The van der Waals surface area contributed by atoms with Crippen LogP contribution in [0, 0.1) is 0 Å². The molecule has 1 aliphatic heterocycles. The lowest BCUT2D eigenvalue weighted by atomic mass is 9.87. The van der Waals surface area contributed by atoms with Gasteiger partial charge in [-0.1, -0.05) is 29.3 Å². The summed E-state index contributed by atoms with van der Waals surface area (Å²) < 4.78 is 7.40. The van der Waals surface area contributed by atoms with Crippen LogP contribution >= 0.6 is 23.2 Å². The molecule has 0 bridgehead atoms. The number of nitrogens with one attached hydrogen (secondary N) is 1. The van der Waals surface area contributed by atoms with Gasteiger partial charge in [0.1, 0.15) is 30.2 Å². The van der Waals surface area contributed by atoms with Gasteiger partial charge in [0.15, 0.2) is 23.2 Å². The number of aliphatic hydroxyl groups is 3. The van der Waals surface area contributed by atoms with E-state index >= 15 is 0 Å². The van der Waals surface area contributed by atoms with Crippen LogP contribution in [-0.4, -0.2) is 59.8 Å². The van der Waals surface area contributed by atoms with E-state index in [2.05, 4.69) is 20.4 Å². The molecule has 5 atom stereocenters. The fourth-order valence-corrected chi connectivity index (χ4v) is 3.88. The molecule has 4 rings (SSSR count). The number of aromatic nitrogens is 4. The minimum Gasteiger partial charge on any atom is -0.387 e. The first kappa shape index (κ1) is 22.2. The Morgan fingerprint density at radius 2 is 1.97 bits per heavy atom. The molecule has 0 aliphatic carbocycles. The number of benzene rings is 1. The van der Waals surface area contributed by atoms with Crippen molar-refractivity contribution in [3.05, 3.63) is 46.5 Å². The summed E-state index contributed by atoms with van der Waals surface area (Å²) in [5, 5.41) is 33.2. The van der Waals surface area contributed by atoms with Gasteiger partial charge in [-0.25, -0.2) is 20.4 Å². The molecule has 3 heterocycles. The van der Waals surface area contributed by atoms with Crippen LogP contribution in [0.4, 0.5) is 5.82 Å². The summed E-state index contributed by atoms with van der Waals surface area (Å²) in [6.45, 7) is 3.69. The van der Waals surface area contributed by atoms with Gasteiger partial charge in [0.25, 0.3) is 0 Å². The molecule has 1 unspecified atom stereocenters. The van der Waals surface area contributed by atoms with Crippen LogP contribution in [0.2, 0.25) is 10.0 Å². The standard InChI is InChI=1S/C19H21Cl2N5O5/c1-3-30-25-16-12-17(23-7-22-16)26(8-24-12)18-14(28)13(27)15(31-18)19(2,29)9-4-5-10(20)11(21)6-9/h4-8,13-15,18,27-29H,3H2,1-2H3,(H,22,23,25)/t13-,14+,15-,18+,19?/m0/s1. The molecular weight excluding hydrogens is 449 g/mol. The van der Waals surface area contributed by atoms with E-state index in [4.69, 9.17) is 32.8 Å². The molecule has 2 aromatic heterocycles. The molecule has 4 N–H and O–H groups in total. The maximum absolute atomic E-state index is 11.2. The molecule has 1 saturated heterocycles. The summed E-state index contributed by atoms with van der Waals surface area (Å²) in [6, 6.07) is 4.61. The normalized spacial score (nSPS) is 25.6. The molecule has 12 heteroatoms. The van der Waals surface area contributed by atoms with E-state index in [9.17, 15) is 15.3 Å². The SMILES string of the molecule is CCONc1ncnc2c1ncn2[C@@H]1O[C@H](C(C)(O)c2ccc(Cl)c(Cl)c2)[C@@H](O)[C@H]1O. The number of hydrogen-bond acceptors (Lipinski definition) is 9. The van der Waals surface area contributed by atoms with Gasteiger partial charge in [-0.3, -0.25) is 9.40 Å². The predicted octanol–water partition coefficient (Wildman–Crippen LogP) is 2.02. The van der Waals surface area contributed by atoms with Gasteiger partial charge in [0.05, 0.1) is 23.0 Å². The van der Waals surface area contributed by atoms with E-state index in [0.29, 0.717) is 34.2 Å². The van der Waals surface area contributed by atoms with Crippen molar-refractivity contribution < 1.29 is 24.9 Å². The second-order valence-electron chi connectivity index (χ2n) is 7.29. The van der Waals surface area contributed by atoms with Crippen LogP contribution in [0.3, 0.4) is 0 Å². The Morgan fingerprint density at radius 1 is 1.19 bits per heavy atom. The number of rotatable bonds is 6. The van der Waals surface area contributed by atoms with Gasteiger partial charge < -0.3 is 20.1 Å². The molecule has 0 saturated carbocycles. The fourth-order valence-electron chi connectivity index (χ4n) is 3.58. The van der Waals surface area contributed by atoms with Crippen molar-refractivity contribution in [1.29, 1.82) is 0 Å². The zero-order valence-electron chi connectivity index (χ0n) is 16.6. The largest absolute Gasteiger partial charge is 0.387 e. The van der Waals surface area contributed by atoms with E-state index in [-0.39, 0.29) is 5.02 Å². The highest BCUT2D eigenvalue weighted by Gasteiger charge is 2.52. The van der Waals surface area contributed by atoms with E-state index in [1.165, 1.54) is 36.3 Å². The van der Waals surface area contributed by atoms with Crippen LogP contribution < -0.4 is 5.48 Å². The maximum Gasteiger partial charge on any atom is 0.181 e. The molecule has 0 radical (unpaired) electrons. The third-order valence-electron chi connectivity index (χ3n) is 5.24. The van der Waals surface area contributed by atoms with Crippen molar-refractivity contribution in [3.63, 3.8) is 0 Å². The first-order chi connectivity index (χ1) is 14.8. The van der Waals surface area contributed by atoms with Crippen molar-refractivity contribution in [1.82, 2.24) is 19.5 Å². The predicted molar refractivity (Wildman–Crippen MR) is 113 cm³/mol. The van der Waals surface area contributed by atoms with Crippen molar-refractivity contribution in [2.75, 3.05) is 12.1 Å². The van der Waals surface area contributed by atoms with Gasteiger partial charge in [-0.05, 0) is 31.5 Å². The Bertz CT molecular complexity index is 1090. The number of fused-ring (bicyclic) bond motifs is 1. The zero-order chi connectivity index (χ0) is 22.3. The summed E-state index contributed by atoms with van der Waals surface area (Å²) in [7, 11) is 0. The summed E-state index contributed by atoms with van der Waals surface area (Å²) in [5.41, 5.74) is 2.11. The number of halogens is 2. The smallest absolute Gasteiger partial charge is 0.181 e. The summed E-state index contributed by atoms with van der Waals surface area (Å²) in [5.74, 6) is 0.345. The van der Waals surface area contributed by atoms with Crippen LogP contribution in [0.1, 0.15) is 25.6 Å². The Balaban J connectivity index is 1.67. The lowest BCUT2D eigenvalue weighted by molar-refractivity contribution is -0.135. The fraction of sp³-hybridized carbons (Fsp3) is 0.421. The minimum atomic E-state index is -1.68. The number of imidazole rings is 1. The third-order valence-corrected chi connectivity index (χ3v) is 5.98. The van der Waals surface area contributed by atoms with Crippen molar-refractivity contribution in [2.45, 2.75) is 44.0 Å². The summed E-state index contributed by atoms with van der Waals surface area (Å²) in [6.07, 6.45) is -2.29. The molecule has 0 amide bonds. The van der Waals surface area contributed by atoms with Crippen LogP contribution in [0.25, 0.3) is 11.2 Å². The molecule has 1 aliphatic rings. The Labute approximate surface area is 187 Å². The Morgan fingerprint density at radius 3 is 2.68 bits per heavy atom. The van der Waals surface area contributed by atoms with Gasteiger partial charge in [0.2, 0.25) is 0 Å². The van der Waals surface area contributed by atoms with Crippen LogP contribution in [-0.2, 0) is 15.2 Å². The number of aliphatic hydroxyl groups excluding tert-OH is 2. The molecule has 0 spiro atoms. The quantitative estimate of drug-likeness (QED) is 0.399. The first-order valence-electron chi connectivity index (χ1n) is 9.50. The highest BCUT2D eigenvalue weighted by atomic mass is 35.5. The first-order valence-corrected chi connectivity index (χ1v) is 10.3. The van der Waals surface area contributed by atoms with Gasteiger partial charge in [-0.2, -0.15) is 0 Å². The van der Waals surface area contributed by atoms with Crippen molar-refractivity contribution in [2.24, 2.45) is 0 Å². The Kier molecular flexibility index (Phi) is 6.05. The number of ether oxygens (including phenoxy) is 1. The highest BCUT2D eigenvalue weighted by molar-refractivity contribution is 6.42. The molecule has 1 fully saturated rings. The monoisotopic (exact) mass is 469 g/mol. The van der Waals surface area contributed by atoms with Gasteiger partial charge in [0, 0.05) is 0 Å². The third kappa shape index (κ3) is 3.85. The summed E-state index contributed by atoms with van der Waals surface area (Å²) >= 11 is 12.0. The molecule has 31 heavy (non-hydrogen) atoms. The molecular formula is C19H21Cl2N5O5. The van der Waals surface area contributed by atoms with E-state index in [1.54, 1.807) is 6.07 Å². The number of hydrogen-bond donors (Lipinski definition) is 4. The highest BCUT2D eigenvalue weighted by Crippen LogP contribution is 2.41. The van der Waals surface area contributed by atoms with Crippen molar-refractivity contribution in [3.8, 4) is 0 Å². The number of nitrogens with zero attached hydrogens (tertiary/aromatic N) is 4. The van der Waals surface area contributed by atoms with Gasteiger partial charge in [-0.15, -0.1) is 0 Å². The minimum absolute atomic E-state index is 0.246.